The molecule has 1 aromatic heterocycles. The number of hydrogen-bond donors (Lipinski definition) is 1. The van der Waals surface area contributed by atoms with E-state index in [4.69, 9.17) is 0 Å². The van der Waals surface area contributed by atoms with Crippen molar-refractivity contribution >= 4 is 22.7 Å². The minimum Gasteiger partial charge on any atom is -0.406 e. The number of anilines is 2. The molecule has 166 valence electrons. The second-order valence-electron chi connectivity index (χ2n) is 9.18. The van der Waals surface area contributed by atoms with Crippen molar-refractivity contribution in [3.63, 3.8) is 0 Å². The number of halogens is 4. The monoisotopic (exact) mass is 435 g/mol. The van der Waals surface area contributed by atoms with Gasteiger partial charge in [-0.2, -0.15) is 0 Å². The number of nitrogens with one attached hydrogen (secondary N) is 1. The first-order chi connectivity index (χ1) is 14.5. The molecule has 0 radical (unpaired) electrons. The van der Waals surface area contributed by atoms with Crippen LogP contribution in [0, 0.1) is 17.2 Å². The van der Waals surface area contributed by atoms with E-state index in [9.17, 15) is 17.6 Å². The van der Waals surface area contributed by atoms with Crippen molar-refractivity contribution in [3.8, 4) is 5.75 Å². The number of nitrogens with zero attached hydrogens (tertiary/aromatic N) is 2. The first kappa shape index (κ1) is 21.5. The fourth-order valence-corrected chi connectivity index (χ4v) is 4.90. The van der Waals surface area contributed by atoms with Gasteiger partial charge in [0.25, 0.3) is 0 Å². The molecule has 4 rings (SSSR count). The van der Waals surface area contributed by atoms with Crippen LogP contribution in [-0.4, -0.2) is 15.9 Å². The number of alkyl halides is 3. The highest BCUT2D eigenvalue weighted by Crippen LogP contribution is 2.46. The number of aromatic nitrogens is 2. The molecule has 1 N–H and O–H groups in total. The first-order valence-corrected chi connectivity index (χ1v) is 10.3. The minimum absolute atomic E-state index is 0.126. The number of ether oxygens (including phenoxy) is 1. The Morgan fingerprint density at radius 1 is 1.10 bits per heavy atom. The maximum atomic E-state index is 14.5. The van der Waals surface area contributed by atoms with Gasteiger partial charge >= 0.3 is 6.36 Å². The van der Waals surface area contributed by atoms with E-state index < -0.39 is 12.2 Å². The number of para-hydroxylation sites is 1. The van der Waals surface area contributed by atoms with Crippen LogP contribution in [0.3, 0.4) is 0 Å². The molecule has 1 aliphatic rings. The molecule has 31 heavy (non-hydrogen) atoms. The molecular weight excluding hydrogens is 410 g/mol. The summed E-state index contributed by atoms with van der Waals surface area (Å²) >= 11 is 0. The third kappa shape index (κ3) is 4.78. The van der Waals surface area contributed by atoms with E-state index in [-0.39, 0.29) is 22.7 Å². The van der Waals surface area contributed by atoms with Gasteiger partial charge in [-0.1, -0.05) is 26.8 Å². The molecule has 8 heteroatoms. The van der Waals surface area contributed by atoms with Crippen molar-refractivity contribution in [2.45, 2.75) is 52.4 Å². The highest BCUT2D eigenvalue weighted by atomic mass is 19.4. The van der Waals surface area contributed by atoms with E-state index in [1.54, 1.807) is 6.07 Å². The molecule has 1 fully saturated rings. The third-order valence-corrected chi connectivity index (χ3v) is 5.74. The normalized spacial score (nSPS) is 21.3. The van der Waals surface area contributed by atoms with E-state index in [2.05, 4.69) is 35.8 Å². The summed E-state index contributed by atoms with van der Waals surface area (Å²) in [5.74, 6) is 0.266. The molecule has 2 aromatic carbocycles. The maximum absolute atomic E-state index is 14.5. The largest absolute Gasteiger partial charge is 0.573 e. The fraction of sp³-hybridized carbons (Fsp3) is 0.435. The average molecular weight is 435 g/mol. The van der Waals surface area contributed by atoms with Gasteiger partial charge in [-0.05, 0) is 67.0 Å². The van der Waals surface area contributed by atoms with Gasteiger partial charge in [-0.3, -0.25) is 0 Å². The van der Waals surface area contributed by atoms with E-state index in [1.807, 2.05) is 10.6 Å². The van der Waals surface area contributed by atoms with Gasteiger partial charge < -0.3 is 14.6 Å². The quantitative estimate of drug-likeness (QED) is 0.440. The summed E-state index contributed by atoms with van der Waals surface area (Å²) in [5.41, 5.74) is 1.65. The number of imidazole rings is 1. The standard InChI is InChI=1S/C23H25F4N3O/c1-14-11-16(13-22(2,3)12-14)30-19-6-4-5-18(24)20(19)29-21(30)28-15-7-9-17(10-8-15)31-23(25,26)27/h4-10,14,16H,11-13H2,1-3H3,(H,28,29)/t14-,16+/m0/s1. The Balaban J connectivity index is 1.71. The maximum Gasteiger partial charge on any atom is 0.573 e. The van der Waals surface area contributed by atoms with E-state index in [0.29, 0.717) is 23.1 Å². The van der Waals surface area contributed by atoms with Crippen LogP contribution in [0.15, 0.2) is 42.5 Å². The van der Waals surface area contributed by atoms with Crippen molar-refractivity contribution in [3.05, 3.63) is 48.3 Å². The predicted octanol–water partition coefficient (Wildman–Crippen LogP) is 7.20. The van der Waals surface area contributed by atoms with Gasteiger partial charge in [-0.25, -0.2) is 9.37 Å². The Labute approximate surface area is 178 Å². The molecule has 1 saturated carbocycles. The summed E-state index contributed by atoms with van der Waals surface area (Å²) in [5, 5.41) is 3.17. The topological polar surface area (TPSA) is 39.1 Å². The Kier molecular flexibility index (Phi) is 5.35. The summed E-state index contributed by atoms with van der Waals surface area (Å²) in [7, 11) is 0. The Morgan fingerprint density at radius 2 is 1.81 bits per heavy atom. The zero-order valence-electron chi connectivity index (χ0n) is 17.6. The molecule has 1 heterocycles. The predicted molar refractivity (Wildman–Crippen MR) is 112 cm³/mol. The first-order valence-electron chi connectivity index (χ1n) is 10.3. The van der Waals surface area contributed by atoms with Crippen molar-refractivity contribution in [2.24, 2.45) is 11.3 Å². The molecule has 0 bridgehead atoms. The van der Waals surface area contributed by atoms with Crippen molar-refractivity contribution in [1.82, 2.24) is 9.55 Å². The van der Waals surface area contributed by atoms with Gasteiger partial charge in [0.1, 0.15) is 11.3 Å². The zero-order chi connectivity index (χ0) is 22.4. The molecule has 0 spiro atoms. The molecule has 1 aliphatic carbocycles. The number of rotatable bonds is 4. The molecule has 0 aliphatic heterocycles. The molecule has 0 saturated heterocycles. The summed E-state index contributed by atoms with van der Waals surface area (Å²) < 4.78 is 57.7. The lowest BCUT2D eigenvalue weighted by molar-refractivity contribution is -0.274. The average Bonchev–Trinajstić information content (AvgIpc) is 3.00. The summed E-state index contributed by atoms with van der Waals surface area (Å²) in [4.78, 5) is 4.50. The second-order valence-corrected chi connectivity index (χ2v) is 9.18. The highest BCUT2D eigenvalue weighted by molar-refractivity contribution is 5.80. The number of benzene rings is 2. The summed E-state index contributed by atoms with van der Waals surface area (Å²) in [6.45, 7) is 6.70. The summed E-state index contributed by atoms with van der Waals surface area (Å²) in [6, 6.07) is 10.4. The zero-order valence-corrected chi connectivity index (χ0v) is 17.6. The van der Waals surface area contributed by atoms with Crippen LogP contribution in [0.25, 0.3) is 11.0 Å². The molecule has 4 nitrogen and oxygen atoms in total. The minimum atomic E-state index is -4.75. The highest BCUT2D eigenvalue weighted by Gasteiger charge is 2.35. The molecule has 3 aromatic rings. The van der Waals surface area contributed by atoms with Crippen LogP contribution >= 0.6 is 0 Å². The molecular formula is C23H25F4N3O. The second kappa shape index (κ2) is 7.73. The summed E-state index contributed by atoms with van der Waals surface area (Å²) in [6.07, 6.45) is -1.76. The van der Waals surface area contributed by atoms with Gasteiger partial charge in [-0.15, -0.1) is 13.2 Å². The Hall–Kier alpha value is -2.77. The van der Waals surface area contributed by atoms with Gasteiger partial charge in [0.05, 0.1) is 5.52 Å². The molecule has 0 unspecified atom stereocenters. The lowest BCUT2D eigenvalue weighted by Crippen LogP contribution is -2.29. The number of fused-ring (bicyclic) bond motifs is 1. The van der Waals surface area contributed by atoms with Crippen LogP contribution in [-0.2, 0) is 0 Å². The Morgan fingerprint density at radius 3 is 2.45 bits per heavy atom. The van der Waals surface area contributed by atoms with Crippen LogP contribution < -0.4 is 10.1 Å². The van der Waals surface area contributed by atoms with Gasteiger partial charge in [0, 0.05) is 11.7 Å². The number of hydrogen-bond acceptors (Lipinski definition) is 3. The molecule has 0 amide bonds. The molecule has 2 atom stereocenters. The Bertz CT molecular complexity index is 1070. The van der Waals surface area contributed by atoms with E-state index in [0.717, 1.165) is 19.3 Å². The van der Waals surface area contributed by atoms with Crippen molar-refractivity contribution in [2.75, 3.05) is 5.32 Å². The van der Waals surface area contributed by atoms with Gasteiger partial charge in [0.15, 0.2) is 5.82 Å². The van der Waals surface area contributed by atoms with Crippen molar-refractivity contribution in [1.29, 1.82) is 0 Å². The fourth-order valence-electron chi connectivity index (χ4n) is 4.90. The lowest BCUT2D eigenvalue weighted by atomic mass is 9.70. The van der Waals surface area contributed by atoms with E-state index in [1.165, 1.54) is 30.3 Å². The van der Waals surface area contributed by atoms with Crippen LogP contribution in [0.1, 0.15) is 46.1 Å². The van der Waals surface area contributed by atoms with Crippen LogP contribution in [0.5, 0.6) is 5.75 Å². The van der Waals surface area contributed by atoms with Crippen molar-refractivity contribution < 1.29 is 22.3 Å². The van der Waals surface area contributed by atoms with E-state index >= 15 is 0 Å². The third-order valence-electron chi connectivity index (χ3n) is 5.74. The van der Waals surface area contributed by atoms with Crippen LogP contribution in [0.2, 0.25) is 0 Å². The SMILES string of the molecule is C[C@H]1C[C@@H](n2c(Nc3ccc(OC(F)(F)F)cc3)nc3c(F)cccc32)CC(C)(C)C1. The lowest BCUT2D eigenvalue weighted by Gasteiger charge is -2.40. The smallest absolute Gasteiger partial charge is 0.406 e. The van der Waals surface area contributed by atoms with Crippen LogP contribution in [0.4, 0.5) is 29.2 Å². The van der Waals surface area contributed by atoms with Gasteiger partial charge in [0.2, 0.25) is 5.95 Å².